The molecule has 1 amide bonds. The summed E-state index contributed by atoms with van der Waals surface area (Å²) in [5, 5.41) is 2.29. The highest BCUT2D eigenvalue weighted by Crippen LogP contribution is 2.36. The Bertz CT molecular complexity index is 1040. The third kappa shape index (κ3) is 4.40. The number of hydrogen-bond donors (Lipinski definition) is 1. The van der Waals surface area contributed by atoms with Crippen LogP contribution in [0.3, 0.4) is 0 Å². The number of benzene rings is 1. The predicted octanol–water partition coefficient (Wildman–Crippen LogP) is 3.52. The predicted molar refractivity (Wildman–Crippen MR) is 108 cm³/mol. The molecule has 9 heteroatoms. The molecule has 1 N–H and O–H groups in total. The van der Waals surface area contributed by atoms with E-state index in [0.717, 1.165) is 0 Å². The number of alkyl halides is 2. The lowest BCUT2D eigenvalue weighted by molar-refractivity contribution is -0.111. The molecule has 2 atom stereocenters. The Balaban J connectivity index is 1.63. The van der Waals surface area contributed by atoms with Crippen molar-refractivity contribution in [3.63, 3.8) is 0 Å². The van der Waals surface area contributed by atoms with Crippen molar-refractivity contribution < 1.29 is 22.0 Å². The number of allylic oxidation sites excluding steroid dienone is 1. The van der Waals surface area contributed by atoms with Crippen LogP contribution in [0.5, 0.6) is 0 Å². The van der Waals surface area contributed by atoms with E-state index in [-0.39, 0.29) is 34.4 Å². The van der Waals surface area contributed by atoms with E-state index < -0.39 is 34.0 Å². The Morgan fingerprint density at radius 1 is 1.07 bits per heavy atom. The van der Waals surface area contributed by atoms with Crippen LogP contribution in [0.4, 0.5) is 14.6 Å². The molecule has 2 fully saturated rings. The van der Waals surface area contributed by atoms with E-state index in [9.17, 15) is 22.0 Å². The van der Waals surface area contributed by atoms with E-state index in [0.29, 0.717) is 18.4 Å². The number of nitrogens with one attached hydrogen (secondary N) is 1. The zero-order valence-corrected chi connectivity index (χ0v) is 16.9. The topological polar surface area (TPSA) is 89.0 Å². The first kappa shape index (κ1) is 20.6. The van der Waals surface area contributed by atoms with Crippen molar-refractivity contribution in [1.29, 1.82) is 0 Å². The molecule has 0 bridgehead atoms. The first-order valence-corrected chi connectivity index (χ1v) is 11.3. The van der Waals surface area contributed by atoms with Gasteiger partial charge >= 0.3 is 0 Å². The molecule has 2 aliphatic carbocycles. The second-order valence-electron chi connectivity index (χ2n) is 7.66. The third-order valence-electron chi connectivity index (χ3n) is 5.36. The highest BCUT2D eigenvalue weighted by atomic mass is 32.2. The van der Waals surface area contributed by atoms with Gasteiger partial charge in [-0.05, 0) is 49.3 Å². The summed E-state index contributed by atoms with van der Waals surface area (Å²) in [6.45, 7) is 0. The van der Waals surface area contributed by atoms with Crippen molar-refractivity contribution in [1.82, 2.24) is 9.97 Å². The van der Waals surface area contributed by atoms with E-state index in [2.05, 4.69) is 15.3 Å². The molecule has 0 aliphatic heterocycles. The third-order valence-corrected chi connectivity index (χ3v) is 7.64. The van der Waals surface area contributed by atoms with Crippen molar-refractivity contribution in [2.24, 2.45) is 5.92 Å². The fourth-order valence-electron chi connectivity index (χ4n) is 3.59. The Kier molecular flexibility index (Phi) is 5.64. The van der Waals surface area contributed by atoms with Crippen molar-refractivity contribution in [2.45, 2.75) is 48.2 Å². The second-order valence-corrected chi connectivity index (χ2v) is 9.89. The fourth-order valence-corrected chi connectivity index (χ4v) is 5.24. The number of halogens is 2. The van der Waals surface area contributed by atoms with Crippen molar-refractivity contribution in [3.05, 3.63) is 54.5 Å². The van der Waals surface area contributed by atoms with Crippen LogP contribution in [0.15, 0.2) is 53.8 Å². The standard InChI is InChI=1S/C21H21F2N3O3S/c22-18-10-13(11-19(18)23)9-17(21(27)26-20-12-24-7-8-25-20)14-1-3-15(4-2-14)30(28,29)16-5-6-16/h1-4,7-9,12-13,16,18-19H,5-6,10-11H2,(H,25,26,27)/b17-9+. The Hall–Kier alpha value is -2.68. The van der Waals surface area contributed by atoms with E-state index in [1.165, 1.54) is 30.7 Å². The van der Waals surface area contributed by atoms with Gasteiger partial charge in [-0.25, -0.2) is 22.2 Å². The number of carbonyl (C=O) groups is 1. The second kappa shape index (κ2) is 8.22. The van der Waals surface area contributed by atoms with Gasteiger partial charge in [-0.3, -0.25) is 9.78 Å². The molecule has 2 aliphatic rings. The Labute approximate surface area is 173 Å². The number of carbonyl (C=O) groups excluding carboxylic acids is 1. The monoisotopic (exact) mass is 433 g/mol. The summed E-state index contributed by atoms with van der Waals surface area (Å²) in [4.78, 5) is 21.0. The molecule has 158 valence electrons. The minimum absolute atomic E-state index is 0.00275. The van der Waals surface area contributed by atoms with Gasteiger partial charge in [0.05, 0.1) is 16.3 Å². The minimum atomic E-state index is -3.35. The highest BCUT2D eigenvalue weighted by Gasteiger charge is 2.37. The smallest absolute Gasteiger partial charge is 0.257 e. The van der Waals surface area contributed by atoms with Crippen molar-refractivity contribution >= 4 is 27.1 Å². The lowest BCUT2D eigenvalue weighted by Crippen LogP contribution is -2.16. The summed E-state index contributed by atoms with van der Waals surface area (Å²) in [5.74, 6) is -0.710. The summed E-state index contributed by atoms with van der Waals surface area (Å²) >= 11 is 0. The minimum Gasteiger partial charge on any atom is -0.305 e. The van der Waals surface area contributed by atoms with Gasteiger partial charge in [0.2, 0.25) is 0 Å². The fraction of sp³-hybridized carbons (Fsp3) is 0.381. The zero-order chi connectivity index (χ0) is 21.3. The van der Waals surface area contributed by atoms with E-state index in [1.807, 2.05) is 0 Å². The molecule has 0 spiro atoms. The van der Waals surface area contributed by atoms with Crippen LogP contribution < -0.4 is 5.32 Å². The number of anilines is 1. The van der Waals surface area contributed by atoms with Gasteiger partial charge in [-0.2, -0.15) is 0 Å². The van der Waals surface area contributed by atoms with E-state index >= 15 is 0 Å². The van der Waals surface area contributed by atoms with Crippen LogP contribution in [0, 0.1) is 5.92 Å². The average Bonchev–Trinajstić information content (AvgIpc) is 3.54. The summed E-state index contributed by atoms with van der Waals surface area (Å²) in [6.07, 6.45) is 4.03. The molecular formula is C21H21F2N3O3S. The molecule has 2 unspecified atom stereocenters. The van der Waals surface area contributed by atoms with Crippen molar-refractivity contribution in [2.75, 3.05) is 5.32 Å². The van der Waals surface area contributed by atoms with Crippen LogP contribution in [0.2, 0.25) is 0 Å². The summed E-state index contributed by atoms with van der Waals surface area (Å²) in [5.41, 5.74) is 0.672. The maximum Gasteiger partial charge on any atom is 0.257 e. The molecule has 0 saturated heterocycles. The lowest BCUT2D eigenvalue weighted by atomic mass is 9.98. The highest BCUT2D eigenvalue weighted by molar-refractivity contribution is 7.92. The molecule has 30 heavy (non-hydrogen) atoms. The van der Waals surface area contributed by atoms with Crippen LogP contribution in [0.1, 0.15) is 31.2 Å². The molecular weight excluding hydrogens is 412 g/mol. The average molecular weight is 433 g/mol. The SMILES string of the molecule is O=C(Nc1cnccn1)/C(=C/C1CC(F)C(F)C1)c1ccc(S(=O)(=O)C2CC2)cc1. The molecule has 1 aromatic heterocycles. The van der Waals surface area contributed by atoms with Crippen LogP contribution in [-0.4, -0.2) is 41.9 Å². The molecule has 6 nitrogen and oxygen atoms in total. The van der Waals surface area contributed by atoms with Crippen LogP contribution >= 0.6 is 0 Å². The van der Waals surface area contributed by atoms with Gasteiger partial charge in [0.25, 0.3) is 5.91 Å². The molecule has 1 heterocycles. The molecule has 2 saturated carbocycles. The number of hydrogen-bond acceptors (Lipinski definition) is 5. The summed E-state index contributed by atoms with van der Waals surface area (Å²) in [7, 11) is -3.35. The first-order chi connectivity index (χ1) is 14.3. The maximum absolute atomic E-state index is 13.6. The van der Waals surface area contributed by atoms with Gasteiger partial charge in [0.15, 0.2) is 15.7 Å². The van der Waals surface area contributed by atoms with Gasteiger partial charge in [0, 0.05) is 18.0 Å². The quantitative estimate of drug-likeness (QED) is 0.704. The van der Waals surface area contributed by atoms with Gasteiger partial charge in [0.1, 0.15) is 12.3 Å². The molecule has 1 aromatic carbocycles. The number of nitrogens with zero attached hydrogens (tertiary/aromatic N) is 2. The van der Waals surface area contributed by atoms with Gasteiger partial charge < -0.3 is 5.32 Å². The summed E-state index contributed by atoms with van der Waals surface area (Å²) < 4.78 is 52.1. The molecule has 2 aromatic rings. The number of rotatable bonds is 6. The first-order valence-electron chi connectivity index (χ1n) is 9.76. The van der Waals surface area contributed by atoms with Gasteiger partial charge in [-0.15, -0.1) is 0 Å². The number of amides is 1. The largest absolute Gasteiger partial charge is 0.305 e. The zero-order valence-electron chi connectivity index (χ0n) is 16.0. The van der Waals surface area contributed by atoms with Crippen LogP contribution in [0.25, 0.3) is 5.57 Å². The number of sulfone groups is 1. The van der Waals surface area contributed by atoms with Gasteiger partial charge in [-0.1, -0.05) is 18.2 Å². The molecule has 4 rings (SSSR count). The van der Waals surface area contributed by atoms with E-state index in [1.54, 1.807) is 18.2 Å². The normalized spacial score (nSPS) is 24.6. The summed E-state index contributed by atoms with van der Waals surface area (Å²) in [6, 6.07) is 6.03. The lowest BCUT2D eigenvalue weighted by Gasteiger charge is -2.12. The Morgan fingerprint density at radius 2 is 1.73 bits per heavy atom. The van der Waals surface area contributed by atoms with Crippen LogP contribution in [-0.2, 0) is 14.6 Å². The maximum atomic E-state index is 13.6. The number of aromatic nitrogens is 2. The Morgan fingerprint density at radius 3 is 2.30 bits per heavy atom. The van der Waals surface area contributed by atoms with Crippen molar-refractivity contribution in [3.8, 4) is 0 Å². The van der Waals surface area contributed by atoms with E-state index in [4.69, 9.17) is 0 Å². The molecule has 0 radical (unpaired) electrons.